The number of hydrogen-bond acceptors (Lipinski definition) is 4. The standard InChI is InChI=1S/C22H31N5O2.HI/c1-5-23-22(26-16-18-11-12-24-20(15-18)29-6-2)25-13-10-17-8-7-9-19(14-17)21(28)27(3)4;/h7-9,11-12,14-15H,5-6,10,13,16H2,1-4H3,(H2,23,25,26);1H. The fourth-order valence-electron chi connectivity index (χ4n) is 2.73. The number of hydrogen-bond donors (Lipinski definition) is 2. The van der Waals surface area contributed by atoms with Crippen molar-refractivity contribution in [2.45, 2.75) is 26.8 Å². The number of nitrogens with zero attached hydrogens (tertiary/aromatic N) is 3. The highest BCUT2D eigenvalue weighted by molar-refractivity contribution is 14.0. The van der Waals surface area contributed by atoms with Crippen LogP contribution < -0.4 is 15.4 Å². The molecule has 0 radical (unpaired) electrons. The molecule has 0 aliphatic rings. The molecule has 2 N–H and O–H groups in total. The fraction of sp³-hybridized carbons (Fsp3) is 0.409. The summed E-state index contributed by atoms with van der Waals surface area (Å²) in [7, 11) is 3.52. The number of benzene rings is 1. The van der Waals surface area contributed by atoms with Crippen LogP contribution in [0, 0.1) is 0 Å². The summed E-state index contributed by atoms with van der Waals surface area (Å²) in [6.07, 6.45) is 2.53. The Balaban J connectivity index is 0.00000450. The summed E-state index contributed by atoms with van der Waals surface area (Å²) in [5.41, 5.74) is 2.85. The van der Waals surface area contributed by atoms with Crippen LogP contribution in [0.4, 0.5) is 0 Å². The van der Waals surface area contributed by atoms with Crippen LogP contribution in [-0.2, 0) is 13.0 Å². The number of aliphatic imine (C=N–C) groups is 1. The molecule has 1 amide bonds. The van der Waals surface area contributed by atoms with Crippen molar-refractivity contribution in [3.05, 3.63) is 59.3 Å². The monoisotopic (exact) mass is 525 g/mol. The molecule has 8 heteroatoms. The number of rotatable bonds is 9. The molecule has 2 rings (SSSR count). The number of amides is 1. The first-order valence-electron chi connectivity index (χ1n) is 9.94. The van der Waals surface area contributed by atoms with Gasteiger partial charge in [-0.25, -0.2) is 9.98 Å². The van der Waals surface area contributed by atoms with E-state index in [4.69, 9.17) is 4.74 Å². The molecule has 1 aromatic heterocycles. The highest BCUT2D eigenvalue weighted by atomic mass is 127. The fourth-order valence-corrected chi connectivity index (χ4v) is 2.73. The maximum Gasteiger partial charge on any atom is 0.253 e. The van der Waals surface area contributed by atoms with Gasteiger partial charge in [0.05, 0.1) is 13.2 Å². The Morgan fingerprint density at radius 2 is 1.93 bits per heavy atom. The minimum absolute atomic E-state index is 0. The number of nitrogens with one attached hydrogen (secondary N) is 2. The molecule has 0 atom stereocenters. The highest BCUT2D eigenvalue weighted by Gasteiger charge is 2.08. The van der Waals surface area contributed by atoms with E-state index in [1.165, 1.54) is 0 Å². The van der Waals surface area contributed by atoms with Crippen molar-refractivity contribution in [3.63, 3.8) is 0 Å². The number of ether oxygens (including phenoxy) is 1. The van der Waals surface area contributed by atoms with Gasteiger partial charge >= 0.3 is 0 Å². The van der Waals surface area contributed by atoms with Crippen molar-refractivity contribution in [2.24, 2.45) is 4.99 Å². The molecule has 7 nitrogen and oxygen atoms in total. The molecule has 0 aliphatic heterocycles. The minimum Gasteiger partial charge on any atom is -0.478 e. The van der Waals surface area contributed by atoms with Crippen LogP contribution in [0.2, 0.25) is 0 Å². The quantitative estimate of drug-likeness (QED) is 0.299. The Labute approximate surface area is 196 Å². The van der Waals surface area contributed by atoms with Gasteiger partial charge in [-0.3, -0.25) is 4.79 Å². The Morgan fingerprint density at radius 3 is 2.63 bits per heavy atom. The molecule has 0 bridgehead atoms. The van der Waals surface area contributed by atoms with E-state index in [2.05, 4.69) is 20.6 Å². The molecule has 0 spiro atoms. The number of halogens is 1. The Bertz CT molecular complexity index is 827. The summed E-state index contributed by atoms with van der Waals surface area (Å²) in [5, 5.41) is 6.60. The Hall–Kier alpha value is -2.36. The first-order valence-corrected chi connectivity index (χ1v) is 9.94. The zero-order valence-electron chi connectivity index (χ0n) is 18.1. The van der Waals surface area contributed by atoms with E-state index in [0.717, 1.165) is 30.1 Å². The van der Waals surface area contributed by atoms with Crippen LogP contribution in [0.3, 0.4) is 0 Å². The summed E-state index contributed by atoms with van der Waals surface area (Å²) in [6, 6.07) is 11.6. The van der Waals surface area contributed by atoms with Crippen LogP contribution in [0.1, 0.15) is 35.3 Å². The molecule has 164 valence electrons. The second-order valence-electron chi connectivity index (χ2n) is 6.71. The summed E-state index contributed by atoms with van der Waals surface area (Å²) >= 11 is 0. The third-order valence-electron chi connectivity index (χ3n) is 4.14. The van der Waals surface area contributed by atoms with Crippen molar-refractivity contribution in [1.82, 2.24) is 20.5 Å². The molecular formula is C22H32IN5O2. The van der Waals surface area contributed by atoms with Gasteiger partial charge in [0.15, 0.2) is 5.96 Å². The zero-order valence-corrected chi connectivity index (χ0v) is 20.5. The number of aromatic nitrogens is 1. The average Bonchev–Trinajstić information content (AvgIpc) is 2.72. The van der Waals surface area contributed by atoms with Gasteiger partial charge < -0.3 is 20.3 Å². The second-order valence-corrected chi connectivity index (χ2v) is 6.71. The van der Waals surface area contributed by atoms with Crippen LogP contribution in [0.25, 0.3) is 0 Å². The van der Waals surface area contributed by atoms with Crippen molar-refractivity contribution < 1.29 is 9.53 Å². The van der Waals surface area contributed by atoms with Gasteiger partial charge in [0.25, 0.3) is 5.91 Å². The van der Waals surface area contributed by atoms with Gasteiger partial charge in [-0.1, -0.05) is 12.1 Å². The number of guanidine groups is 1. The van der Waals surface area contributed by atoms with E-state index >= 15 is 0 Å². The van der Waals surface area contributed by atoms with Gasteiger partial charge in [0, 0.05) is 45.0 Å². The normalized spacial score (nSPS) is 10.7. The van der Waals surface area contributed by atoms with Crippen LogP contribution in [0.5, 0.6) is 5.88 Å². The largest absolute Gasteiger partial charge is 0.478 e. The summed E-state index contributed by atoms with van der Waals surface area (Å²) in [5.74, 6) is 1.38. The molecule has 0 saturated carbocycles. The number of carbonyl (C=O) groups is 1. The number of carbonyl (C=O) groups excluding carboxylic acids is 1. The smallest absolute Gasteiger partial charge is 0.253 e. The molecular weight excluding hydrogens is 493 g/mol. The van der Waals surface area contributed by atoms with E-state index in [9.17, 15) is 4.79 Å². The Morgan fingerprint density at radius 1 is 1.13 bits per heavy atom. The predicted molar refractivity (Wildman–Crippen MR) is 132 cm³/mol. The van der Waals surface area contributed by atoms with Crippen molar-refractivity contribution in [1.29, 1.82) is 0 Å². The van der Waals surface area contributed by atoms with E-state index in [-0.39, 0.29) is 29.9 Å². The minimum atomic E-state index is 0. The molecule has 0 fully saturated rings. The van der Waals surface area contributed by atoms with Gasteiger partial charge in [-0.05, 0) is 49.6 Å². The highest BCUT2D eigenvalue weighted by Crippen LogP contribution is 2.10. The average molecular weight is 525 g/mol. The van der Waals surface area contributed by atoms with Crippen molar-refractivity contribution in [3.8, 4) is 5.88 Å². The Kier molecular flexibility index (Phi) is 11.8. The molecule has 0 saturated heterocycles. The van der Waals surface area contributed by atoms with Gasteiger partial charge in [0.1, 0.15) is 0 Å². The second kappa shape index (κ2) is 13.8. The third-order valence-corrected chi connectivity index (χ3v) is 4.14. The SMILES string of the molecule is CCNC(=NCc1ccnc(OCC)c1)NCCc1cccc(C(=O)N(C)C)c1.I. The molecule has 0 unspecified atom stereocenters. The van der Waals surface area contributed by atoms with E-state index in [1.54, 1.807) is 25.2 Å². The van der Waals surface area contributed by atoms with Crippen LogP contribution in [0.15, 0.2) is 47.6 Å². The van der Waals surface area contributed by atoms with Gasteiger partial charge in [-0.15, -0.1) is 24.0 Å². The van der Waals surface area contributed by atoms with E-state index in [1.807, 2.05) is 50.2 Å². The molecule has 30 heavy (non-hydrogen) atoms. The summed E-state index contributed by atoms with van der Waals surface area (Å²) in [4.78, 5) is 22.5. The number of pyridine rings is 1. The molecule has 1 aromatic carbocycles. The van der Waals surface area contributed by atoms with Crippen molar-refractivity contribution >= 4 is 35.8 Å². The first kappa shape index (κ1) is 25.7. The van der Waals surface area contributed by atoms with Crippen LogP contribution in [-0.4, -0.2) is 55.5 Å². The van der Waals surface area contributed by atoms with E-state index < -0.39 is 0 Å². The molecule has 0 aliphatic carbocycles. The van der Waals surface area contributed by atoms with Crippen LogP contribution >= 0.6 is 24.0 Å². The lowest BCUT2D eigenvalue weighted by molar-refractivity contribution is 0.0827. The maximum atomic E-state index is 12.1. The lowest BCUT2D eigenvalue weighted by Gasteiger charge is -2.13. The lowest BCUT2D eigenvalue weighted by Crippen LogP contribution is -2.38. The third kappa shape index (κ3) is 8.56. The van der Waals surface area contributed by atoms with Crippen molar-refractivity contribution in [2.75, 3.05) is 33.8 Å². The summed E-state index contributed by atoms with van der Waals surface area (Å²) < 4.78 is 5.44. The van der Waals surface area contributed by atoms with Gasteiger partial charge in [0.2, 0.25) is 5.88 Å². The zero-order chi connectivity index (χ0) is 21.1. The maximum absolute atomic E-state index is 12.1. The molecule has 1 heterocycles. The van der Waals surface area contributed by atoms with E-state index in [0.29, 0.717) is 31.1 Å². The lowest BCUT2D eigenvalue weighted by atomic mass is 10.1. The predicted octanol–water partition coefficient (Wildman–Crippen LogP) is 3.10. The topological polar surface area (TPSA) is 78.9 Å². The summed E-state index contributed by atoms with van der Waals surface area (Å²) in [6.45, 7) is 6.58. The first-order chi connectivity index (χ1) is 14.0. The van der Waals surface area contributed by atoms with Gasteiger partial charge in [-0.2, -0.15) is 0 Å². The molecule has 2 aromatic rings.